The van der Waals surface area contributed by atoms with Gasteiger partial charge in [0.2, 0.25) is 5.91 Å². The SMILES string of the molecule is CC(=O)Nc1ccc(Sc2cc(Cl)ncn2)cc1. The number of halogens is 1. The first kappa shape index (κ1) is 12.9. The van der Waals surface area contributed by atoms with Crippen LogP contribution in [0.25, 0.3) is 0 Å². The van der Waals surface area contributed by atoms with Crippen molar-refractivity contribution in [3.05, 3.63) is 41.8 Å². The van der Waals surface area contributed by atoms with Crippen molar-refractivity contribution >= 4 is 35.0 Å². The van der Waals surface area contributed by atoms with Crippen LogP contribution in [0, 0.1) is 0 Å². The van der Waals surface area contributed by atoms with Crippen LogP contribution >= 0.6 is 23.4 Å². The Balaban J connectivity index is 2.08. The fourth-order valence-electron chi connectivity index (χ4n) is 1.30. The van der Waals surface area contributed by atoms with Gasteiger partial charge >= 0.3 is 0 Å². The Bertz CT molecular complexity index is 560. The predicted molar refractivity (Wildman–Crippen MR) is 71.9 cm³/mol. The standard InChI is InChI=1S/C12H10ClN3OS/c1-8(17)16-9-2-4-10(5-3-9)18-12-6-11(13)14-7-15-12/h2-7H,1H3,(H,16,17). The normalized spacial score (nSPS) is 10.1. The number of anilines is 1. The first-order valence-electron chi connectivity index (χ1n) is 5.16. The number of carbonyl (C=O) groups excluding carboxylic acids is 1. The molecule has 0 bridgehead atoms. The van der Waals surface area contributed by atoms with Crippen LogP contribution in [0.2, 0.25) is 5.15 Å². The molecule has 0 saturated carbocycles. The van der Waals surface area contributed by atoms with Crippen molar-refractivity contribution in [1.82, 2.24) is 9.97 Å². The number of aromatic nitrogens is 2. The summed E-state index contributed by atoms with van der Waals surface area (Å²) in [6.45, 7) is 1.48. The molecule has 92 valence electrons. The molecule has 0 fully saturated rings. The van der Waals surface area contributed by atoms with E-state index in [0.717, 1.165) is 15.6 Å². The Kier molecular flexibility index (Phi) is 4.17. The average molecular weight is 280 g/mol. The number of nitrogens with one attached hydrogen (secondary N) is 1. The van der Waals surface area contributed by atoms with Crippen LogP contribution in [-0.2, 0) is 4.79 Å². The van der Waals surface area contributed by atoms with Crippen molar-refractivity contribution in [1.29, 1.82) is 0 Å². The van der Waals surface area contributed by atoms with E-state index < -0.39 is 0 Å². The van der Waals surface area contributed by atoms with E-state index in [0.29, 0.717) is 5.15 Å². The second-order valence-corrected chi connectivity index (χ2v) is 4.97. The highest BCUT2D eigenvalue weighted by atomic mass is 35.5. The summed E-state index contributed by atoms with van der Waals surface area (Å²) in [5.41, 5.74) is 0.771. The molecule has 1 N–H and O–H groups in total. The molecular formula is C12H10ClN3OS. The zero-order valence-corrected chi connectivity index (χ0v) is 11.1. The minimum Gasteiger partial charge on any atom is -0.326 e. The topological polar surface area (TPSA) is 54.9 Å². The fraction of sp³-hybridized carbons (Fsp3) is 0.0833. The van der Waals surface area contributed by atoms with E-state index >= 15 is 0 Å². The quantitative estimate of drug-likeness (QED) is 0.877. The van der Waals surface area contributed by atoms with E-state index in [9.17, 15) is 4.79 Å². The monoisotopic (exact) mass is 279 g/mol. The van der Waals surface area contributed by atoms with E-state index in [1.807, 2.05) is 24.3 Å². The molecule has 2 aromatic rings. The highest BCUT2D eigenvalue weighted by molar-refractivity contribution is 7.99. The lowest BCUT2D eigenvalue weighted by Crippen LogP contribution is -2.05. The fourth-order valence-corrected chi connectivity index (χ4v) is 2.30. The number of amides is 1. The van der Waals surface area contributed by atoms with Gasteiger partial charge in [0.05, 0.1) is 0 Å². The molecule has 1 aromatic carbocycles. The summed E-state index contributed by atoms with van der Waals surface area (Å²) in [5.74, 6) is -0.0852. The van der Waals surface area contributed by atoms with Crippen molar-refractivity contribution in [3.63, 3.8) is 0 Å². The molecule has 1 amide bonds. The largest absolute Gasteiger partial charge is 0.326 e. The third-order valence-electron chi connectivity index (χ3n) is 2.01. The van der Waals surface area contributed by atoms with E-state index in [2.05, 4.69) is 15.3 Å². The molecule has 0 aliphatic heterocycles. The third-order valence-corrected chi connectivity index (χ3v) is 3.15. The number of hydrogen-bond acceptors (Lipinski definition) is 4. The van der Waals surface area contributed by atoms with Gasteiger partial charge in [0.25, 0.3) is 0 Å². The van der Waals surface area contributed by atoms with Gasteiger partial charge in [0.1, 0.15) is 16.5 Å². The minimum absolute atomic E-state index is 0.0852. The number of nitrogens with zero attached hydrogens (tertiary/aromatic N) is 2. The van der Waals surface area contributed by atoms with Gasteiger partial charge in [-0.15, -0.1) is 0 Å². The van der Waals surface area contributed by atoms with Crippen molar-refractivity contribution in [2.24, 2.45) is 0 Å². The highest BCUT2D eigenvalue weighted by Gasteiger charge is 2.01. The van der Waals surface area contributed by atoms with Gasteiger partial charge in [-0.05, 0) is 24.3 Å². The number of hydrogen-bond donors (Lipinski definition) is 1. The van der Waals surface area contributed by atoms with Crippen LogP contribution in [0.5, 0.6) is 0 Å². The van der Waals surface area contributed by atoms with E-state index in [1.165, 1.54) is 25.0 Å². The van der Waals surface area contributed by atoms with Crippen LogP contribution < -0.4 is 5.32 Å². The summed E-state index contributed by atoms with van der Waals surface area (Å²) in [6, 6.07) is 9.20. The molecular weight excluding hydrogens is 270 g/mol. The summed E-state index contributed by atoms with van der Waals surface area (Å²) in [7, 11) is 0. The first-order valence-corrected chi connectivity index (χ1v) is 6.36. The summed E-state index contributed by atoms with van der Waals surface area (Å²) in [6.07, 6.45) is 1.43. The van der Waals surface area contributed by atoms with Crippen LogP contribution in [0.15, 0.2) is 46.6 Å². The van der Waals surface area contributed by atoms with Crippen molar-refractivity contribution in [2.45, 2.75) is 16.8 Å². The van der Waals surface area contributed by atoms with Gasteiger partial charge in [-0.2, -0.15) is 0 Å². The highest BCUT2D eigenvalue weighted by Crippen LogP contribution is 2.27. The molecule has 0 aliphatic carbocycles. The smallest absolute Gasteiger partial charge is 0.221 e. The molecule has 0 radical (unpaired) electrons. The van der Waals surface area contributed by atoms with E-state index in [1.54, 1.807) is 6.07 Å². The third kappa shape index (κ3) is 3.72. The lowest BCUT2D eigenvalue weighted by molar-refractivity contribution is -0.114. The number of carbonyl (C=O) groups is 1. The van der Waals surface area contributed by atoms with Crippen LogP contribution in [0.3, 0.4) is 0 Å². The van der Waals surface area contributed by atoms with Crippen molar-refractivity contribution < 1.29 is 4.79 Å². The molecule has 1 heterocycles. The average Bonchev–Trinajstić information content (AvgIpc) is 2.31. The molecule has 1 aromatic heterocycles. The zero-order valence-electron chi connectivity index (χ0n) is 9.55. The summed E-state index contributed by atoms with van der Waals surface area (Å²) in [5, 5.41) is 3.91. The summed E-state index contributed by atoms with van der Waals surface area (Å²) >= 11 is 7.26. The van der Waals surface area contributed by atoms with Crippen LogP contribution in [0.1, 0.15) is 6.92 Å². The van der Waals surface area contributed by atoms with Crippen molar-refractivity contribution in [2.75, 3.05) is 5.32 Å². The lowest BCUT2D eigenvalue weighted by atomic mass is 10.3. The molecule has 18 heavy (non-hydrogen) atoms. The Labute approximate surface area is 114 Å². The molecule has 4 nitrogen and oxygen atoms in total. The molecule has 6 heteroatoms. The van der Waals surface area contributed by atoms with Gasteiger partial charge in [0.15, 0.2) is 0 Å². The molecule has 0 aliphatic rings. The van der Waals surface area contributed by atoms with E-state index in [4.69, 9.17) is 11.6 Å². The zero-order chi connectivity index (χ0) is 13.0. The van der Waals surface area contributed by atoms with Gasteiger partial charge < -0.3 is 5.32 Å². The lowest BCUT2D eigenvalue weighted by Gasteiger charge is -2.04. The molecule has 0 spiro atoms. The van der Waals surface area contributed by atoms with Crippen LogP contribution in [-0.4, -0.2) is 15.9 Å². The van der Waals surface area contributed by atoms with Gasteiger partial charge in [-0.3, -0.25) is 4.79 Å². The predicted octanol–water partition coefficient (Wildman–Crippen LogP) is 3.24. The van der Waals surface area contributed by atoms with Crippen molar-refractivity contribution in [3.8, 4) is 0 Å². The molecule has 0 atom stereocenters. The van der Waals surface area contributed by atoms with Gasteiger partial charge in [-0.25, -0.2) is 9.97 Å². The van der Waals surface area contributed by atoms with Gasteiger partial charge in [0, 0.05) is 23.6 Å². The molecule has 2 rings (SSSR count). The maximum absolute atomic E-state index is 10.9. The minimum atomic E-state index is -0.0852. The summed E-state index contributed by atoms with van der Waals surface area (Å²) < 4.78 is 0. The van der Waals surface area contributed by atoms with Crippen LogP contribution in [0.4, 0.5) is 5.69 Å². The second-order valence-electron chi connectivity index (χ2n) is 3.49. The maximum atomic E-state index is 10.9. The number of benzene rings is 1. The molecule has 0 unspecified atom stereocenters. The maximum Gasteiger partial charge on any atom is 0.221 e. The summed E-state index contributed by atoms with van der Waals surface area (Å²) in [4.78, 5) is 19.8. The first-order chi connectivity index (χ1) is 8.63. The molecule has 0 saturated heterocycles. The number of rotatable bonds is 3. The Hall–Kier alpha value is -1.59. The van der Waals surface area contributed by atoms with Gasteiger partial charge in [-0.1, -0.05) is 23.4 Å². The second kappa shape index (κ2) is 5.84. The Morgan fingerprint density at radius 3 is 2.61 bits per heavy atom. The van der Waals surface area contributed by atoms with E-state index in [-0.39, 0.29) is 5.91 Å². The Morgan fingerprint density at radius 1 is 1.28 bits per heavy atom. The Morgan fingerprint density at radius 2 is 2.00 bits per heavy atom.